The second-order valence-electron chi connectivity index (χ2n) is 7.18. The summed E-state index contributed by atoms with van der Waals surface area (Å²) >= 11 is 0. The van der Waals surface area contributed by atoms with Gasteiger partial charge in [0.25, 0.3) is 11.1 Å². The highest BCUT2D eigenvalue weighted by molar-refractivity contribution is 5.74. The molecule has 0 aromatic carbocycles. The van der Waals surface area contributed by atoms with Gasteiger partial charge in [-0.3, -0.25) is 18.8 Å². The fourth-order valence-corrected chi connectivity index (χ4v) is 3.69. The fraction of sp³-hybridized carbons (Fsp3) is 0.500. The van der Waals surface area contributed by atoms with Crippen LogP contribution in [0, 0.1) is 0 Å². The standard InChI is InChI=1S/C18H24N8O2/c1-23-17(28)13-11-20-25(3)16(13)21-18(23)19-10-12-6-4-5-9-26(12)14-7-8-15(27)24(2)22-14/h7-8,11-12H,4-6,9-10H2,1-3H3,(H,19,21). The molecular formula is C18H24N8O2. The van der Waals surface area contributed by atoms with Gasteiger partial charge in [0, 0.05) is 46.3 Å². The van der Waals surface area contributed by atoms with Crippen LogP contribution in [0.3, 0.4) is 0 Å². The van der Waals surface area contributed by atoms with Gasteiger partial charge < -0.3 is 10.2 Å². The number of nitrogens with one attached hydrogen (secondary N) is 1. The van der Waals surface area contributed by atoms with Crippen molar-refractivity contribution in [3.63, 3.8) is 0 Å². The van der Waals surface area contributed by atoms with Gasteiger partial charge in [0.05, 0.1) is 6.20 Å². The molecule has 4 rings (SSSR count). The summed E-state index contributed by atoms with van der Waals surface area (Å²) in [5, 5.41) is 12.4. The van der Waals surface area contributed by atoms with Crippen LogP contribution >= 0.6 is 0 Å². The van der Waals surface area contributed by atoms with E-state index in [4.69, 9.17) is 0 Å². The lowest BCUT2D eigenvalue weighted by Crippen LogP contribution is -2.45. The number of nitrogens with zero attached hydrogens (tertiary/aromatic N) is 7. The highest BCUT2D eigenvalue weighted by Crippen LogP contribution is 2.22. The minimum absolute atomic E-state index is 0.124. The Morgan fingerprint density at radius 1 is 1.14 bits per heavy atom. The van der Waals surface area contributed by atoms with Crippen molar-refractivity contribution >= 4 is 22.8 Å². The van der Waals surface area contributed by atoms with Gasteiger partial charge >= 0.3 is 0 Å². The predicted molar refractivity (Wildman–Crippen MR) is 107 cm³/mol. The van der Waals surface area contributed by atoms with E-state index in [0.29, 0.717) is 23.5 Å². The Kier molecular flexibility index (Phi) is 4.62. The Morgan fingerprint density at radius 2 is 1.96 bits per heavy atom. The first-order valence-electron chi connectivity index (χ1n) is 9.39. The second-order valence-corrected chi connectivity index (χ2v) is 7.18. The molecule has 1 fully saturated rings. The molecule has 0 radical (unpaired) electrons. The first kappa shape index (κ1) is 18.2. The zero-order chi connectivity index (χ0) is 19.8. The molecule has 0 spiro atoms. The van der Waals surface area contributed by atoms with Gasteiger partial charge in [0.15, 0.2) is 5.65 Å². The van der Waals surface area contributed by atoms with Gasteiger partial charge in [-0.2, -0.15) is 15.2 Å². The Bertz CT molecular complexity index is 1130. The molecule has 1 aliphatic heterocycles. The third-order valence-electron chi connectivity index (χ3n) is 5.34. The smallest absolute Gasteiger partial charge is 0.266 e. The number of aryl methyl sites for hydroxylation is 2. The first-order valence-corrected chi connectivity index (χ1v) is 9.39. The number of piperidine rings is 1. The van der Waals surface area contributed by atoms with Gasteiger partial charge in [-0.1, -0.05) is 0 Å². The predicted octanol–water partition coefficient (Wildman–Crippen LogP) is 0.232. The van der Waals surface area contributed by atoms with E-state index in [1.165, 1.54) is 9.25 Å². The summed E-state index contributed by atoms with van der Waals surface area (Å²) in [5.41, 5.74) is 0.311. The van der Waals surface area contributed by atoms with Crippen molar-refractivity contribution in [1.82, 2.24) is 29.1 Å². The topological polar surface area (TPSA) is 103 Å². The molecule has 10 nitrogen and oxygen atoms in total. The largest absolute Gasteiger partial charge is 0.353 e. The van der Waals surface area contributed by atoms with E-state index < -0.39 is 0 Å². The van der Waals surface area contributed by atoms with Crippen molar-refractivity contribution in [2.75, 3.05) is 23.3 Å². The molecule has 0 amide bonds. The van der Waals surface area contributed by atoms with Gasteiger partial charge in [0.2, 0.25) is 5.95 Å². The third kappa shape index (κ3) is 3.14. The van der Waals surface area contributed by atoms with Crippen LogP contribution in [0.4, 0.5) is 11.8 Å². The molecule has 4 heterocycles. The van der Waals surface area contributed by atoms with Crippen LogP contribution in [-0.4, -0.2) is 48.2 Å². The number of anilines is 2. The summed E-state index contributed by atoms with van der Waals surface area (Å²) in [6.07, 6.45) is 4.75. The van der Waals surface area contributed by atoms with Crippen molar-refractivity contribution in [1.29, 1.82) is 0 Å². The van der Waals surface area contributed by atoms with Crippen LogP contribution in [0.25, 0.3) is 11.0 Å². The van der Waals surface area contributed by atoms with E-state index in [1.54, 1.807) is 44.2 Å². The van der Waals surface area contributed by atoms with E-state index in [1.807, 2.05) is 0 Å². The maximum Gasteiger partial charge on any atom is 0.266 e. The molecular weight excluding hydrogens is 360 g/mol. The third-order valence-corrected chi connectivity index (χ3v) is 5.34. The minimum atomic E-state index is -0.126. The first-order chi connectivity index (χ1) is 13.5. The number of hydrogen-bond acceptors (Lipinski definition) is 7. The zero-order valence-electron chi connectivity index (χ0n) is 16.3. The summed E-state index contributed by atoms with van der Waals surface area (Å²) in [7, 11) is 5.13. The monoisotopic (exact) mass is 384 g/mol. The van der Waals surface area contributed by atoms with Crippen LogP contribution in [-0.2, 0) is 21.1 Å². The van der Waals surface area contributed by atoms with Crippen molar-refractivity contribution in [3.05, 3.63) is 39.0 Å². The molecule has 1 saturated heterocycles. The second kappa shape index (κ2) is 7.10. The molecule has 10 heteroatoms. The fourth-order valence-electron chi connectivity index (χ4n) is 3.69. The minimum Gasteiger partial charge on any atom is -0.353 e. The van der Waals surface area contributed by atoms with Crippen LogP contribution in [0.15, 0.2) is 27.9 Å². The molecule has 28 heavy (non-hydrogen) atoms. The van der Waals surface area contributed by atoms with Crippen molar-refractivity contribution in [3.8, 4) is 0 Å². The zero-order valence-corrected chi connectivity index (χ0v) is 16.3. The Balaban J connectivity index is 1.59. The summed E-state index contributed by atoms with van der Waals surface area (Å²) in [5.74, 6) is 1.30. The Labute approximate surface area is 161 Å². The molecule has 0 bridgehead atoms. The van der Waals surface area contributed by atoms with Crippen LogP contribution in [0.5, 0.6) is 0 Å². The number of aromatic nitrogens is 6. The van der Waals surface area contributed by atoms with E-state index in [-0.39, 0.29) is 17.2 Å². The van der Waals surface area contributed by atoms with Crippen LogP contribution in [0.2, 0.25) is 0 Å². The summed E-state index contributed by atoms with van der Waals surface area (Å²) < 4.78 is 4.47. The Morgan fingerprint density at radius 3 is 2.75 bits per heavy atom. The lowest BCUT2D eigenvalue weighted by molar-refractivity contribution is 0.463. The summed E-state index contributed by atoms with van der Waals surface area (Å²) in [4.78, 5) is 31.0. The average molecular weight is 384 g/mol. The molecule has 1 N–H and O–H groups in total. The molecule has 148 valence electrons. The quantitative estimate of drug-likeness (QED) is 0.687. The lowest BCUT2D eigenvalue weighted by atomic mass is 10.0. The van der Waals surface area contributed by atoms with Gasteiger partial charge in [-0.25, -0.2) is 4.68 Å². The van der Waals surface area contributed by atoms with E-state index in [9.17, 15) is 9.59 Å². The maximum absolute atomic E-state index is 12.5. The van der Waals surface area contributed by atoms with E-state index in [2.05, 4.69) is 25.4 Å². The summed E-state index contributed by atoms with van der Waals surface area (Å²) in [6, 6.07) is 3.51. The molecule has 0 saturated carbocycles. The van der Waals surface area contributed by atoms with E-state index in [0.717, 1.165) is 31.6 Å². The maximum atomic E-state index is 12.5. The van der Waals surface area contributed by atoms with Gasteiger partial charge in [-0.15, -0.1) is 0 Å². The lowest BCUT2D eigenvalue weighted by Gasteiger charge is -2.36. The molecule has 3 aromatic rings. The molecule has 1 atom stereocenters. The molecule has 0 aliphatic carbocycles. The molecule has 1 unspecified atom stereocenters. The van der Waals surface area contributed by atoms with Crippen molar-refractivity contribution in [2.24, 2.45) is 21.1 Å². The van der Waals surface area contributed by atoms with Gasteiger partial charge in [-0.05, 0) is 25.3 Å². The normalized spacial score (nSPS) is 17.2. The van der Waals surface area contributed by atoms with Crippen molar-refractivity contribution in [2.45, 2.75) is 25.3 Å². The molecule has 3 aromatic heterocycles. The van der Waals surface area contributed by atoms with Gasteiger partial charge in [0.1, 0.15) is 11.2 Å². The highest BCUT2D eigenvalue weighted by Gasteiger charge is 2.24. The van der Waals surface area contributed by atoms with E-state index >= 15 is 0 Å². The average Bonchev–Trinajstić information content (AvgIpc) is 3.07. The Hall–Kier alpha value is -3.17. The van der Waals surface area contributed by atoms with Crippen LogP contribution in [0.1, 0.15) is 19.3 Å². The number of fused-ring (bicyclic) bond motifs is 1. The summed E-state index contributed by atoms with van der Waals surface area (Å²) in [6.45, 7) is 1.50. The highest BCUT2D eigenvalue weighted by atomic mass is 16.1. The number of hydrogen-bond donors (Lipinski definition) is 1. The SMILES string of the molecule is Cn1nc(N2CCCCC2CNc2nc3c(cnn3C)c(=O)n2C)ccc1=O. The van der Waals surface area contributed by atoms with Crippen LogP contribution < -0.4 is 21.3 Å². The van der Waals surface area contributed by atoms with Crippen molar-refractivity contribution < 1.29 is 0 Å². The number of rotatable bonds is 4. The molecule has 1 aliphatic rings.